The second-order valence-corrected chi connectivity index (χ2v) is 2.99. The molecule has 66 valence electrons. The lowest BCUT2D eigenvalue weighted by Gasteiger charge is -1.98. The monoisotopic (exact) mass is 195 g/mol. The summed E-state index contributed by atoms with van der Waals surface area (Å²) in [5.41, 5.74) is 5.56. The van der Waals surface area contributed by atoms with Crippen LogP contribution in [0.4, 0.5) is 5.95 Å². The summed E-state index contributed by atoms with van der Waals surface area (Å²) in [4.78, 5) is 17.7. The number of aromatic amines is 1. The summed E-state index contributed by atoms with van der Waals surface area (Å²) < 4.78 is 0. The van der Waals surface area contributed by atoms with Crippen LogP contribution in [0.3, 0.4) is 0 Å². The van der Waals surface area contributed by atoms with Crippen LogP contribution in [-0.4, -0.2) is 9.97 Å². The molecular weight excluding hydrogens is 190 g/mol. The van der Waals surface area contributed by atoms with E-state index >= 15 is 0 Å². The summed E-state index contributed by atoms with van der Waals surface area (Å²) in [7, 11) is 0. The second-order valence-electron chi connectivity index (χ2n) is 2.59. The van der Waals surface area contributed by atoms with Crippen molar-refractivity contribution in [3.63, 3.8) is 0 Å². The number of nitrogens with one attached hydrogen (secondary N) is 1. The van der Waals surface area contributed by atoms with Crippen molar-refractivity contribution in [3.8, 4) is 0 Å². The highest BCUT2D eigenvalue weighted by atomic mass is 35.5. The van der Waals surface area contributed by atoms with E-state index in [1.807, 2.05) is 0 Å². The summed E-state index contributed by atoms with van der Waals surface area (Å²) in [5, 5.41) is 0.754. The summed E-state index contributed by atoms with van der Waals surface area (Å²) >= 11 is 5.81. The molecule has 13 heavy (non-hydrogen) atoms. The number of aromatic nitrogens is 2. The molecule has 0 saturated carbocycles. The van der Waals surface area contributed by atoms with E-state index in [0.29, 0.717) is 15.9 Å². The molecule has 0 aliphatic heterocycles. The van der Waals surface area contributed by atoms with E-state index in [1.165, 1.54) is 0 Å². The van der Waals surface area contributed by atoms with Gasteiger partial charge in [-0.2, -0.15) is 0 Å². The number of nitrogens with two attached hydrogens (primary N) is 1. The van der Waals surface area contributed by atoms with Gasteiger partial charge in [-0.15, -0.1) is 0 Å². The van der Waals surface area contributed by atoms with Gasteiger partial charge >= 0.3 is 0 Å². The molecular formula is C8H6ClN3O. The van der Waals surface area contributed by atoms with Crippen LogP contribution in [0.5, 0.6) is 0 Å². The fourth-order valence-electron chi connectivity index (χ4n) is 1.17. The number of nitrogens with zero attached hydrogens (tertiary/aromatic N) is 1. The third-order valence-electron chi connectivity index (χ3n) is 1.70. The fourth-order valence-corrected chi connectivity index (χ4v) is 1.42. The molecule has 0 unspecified atom stereocenters. The number of rotatable bonds is 0. The predicted molar refractivity (Wildman–Crippen MR) is 51.8 cm³/mol. The number of nitrogen functional groups attached to an aromatic ring is 1. The van der Waals surface area contributed by atoms with Crippen LogP contribution < -0.4 is 11.3 Å². The average Bonchev–Trinajstić information content (AvgIpc) is 2.02. The second kappa shape index (κ2) is 2.74. The van der Waals surface area contributed by atoms with Crippen LogP contribution in [0.25, 0.3) is 10.9 Å². The predicted octanol–water partition coefficient (Wildman–Crippen LogP) is 1.16. The highest BCUT2D eigenvalue weighted by Gasteiger charge is 2.04. The molecule has 0 radical (unpaired) electrons. The zero-order valence-electron chi connectivity index (χ0n) is 6.54. The quantitative estimate of drug-likeness (QED) is 0.663. The SMILES string of the molecule is Nc1nc2cccc(Cl)c2c(=O)[nH]1. The minimum atomic E-state index is -0.312. The third kappa shape index (κ3) is 1.25. The molecule has 2 aromatic rings. The van der Waals surface area contributed by atoms with E-state index in [2.05, 4.69) is 9.97 Å². The van der Waals surface area contributed by atoms with Crippen molar-refractivity contribution in [1.82, 2.24) is 9.97 Å². The molecule has 0 aliphatic rings. The topological polar surface area (TPSA) is 71.8 Å². The first-order valence-corrected chi connectivity index (χ1v) is 4.00. The highest BCUT2D eigenvalue weighted by Crippen LogP contribution is 2.17. The van der Waals surface area contributed by atoms with Crippen LogP contribution in [0.15, 0.2) is 23.0 Å². The van der Waals surface area contributed by atoms with Crippen molar-refractivity contribution in [1.29, 1.82) is 0 Å². The summed E-state index contributed by atoms with van der Waals surface area (Å²) in [6, 6.07) is 5.04. The Morgan fingerprint density at radius 3 is 3.00 bits per heavy atom. The first-order chi connectivity index (χ1) is 6.18. The molecule has 3 N–H and O–H groups in total. The Kier molecular flexibility index (Phi) is 1.70. The van der Waals surface area contributed by atoms with Crippen molar-refractivity contribution in [2.24, 2.45) is 0 Å². The van der Waals surface area contributed by atoms with Gasteiger partial charge in [-0.1, -0.05) is 17.7 Å². The summed E-state index contributed by atoms with van der Waals surface area (Å²) in [6.45, 7) is 0. The molecule has 0 aliphatic carbocycles. The van der Waals surface area contributed by atoms with Gasteiger partial charge in [0.15, 0.2) is 0 Å². The van der Waals surface area contributed by atoms with Gasteiger partial charge in [0.1, 0.15) is 0 Å². The molecule has 0 bridgehead atoms. The maximum absolute atomic E-state index is 11.4. The Labute approximate surface area is 78.4 Å². The van der Waals surface area contributed by atoms with Crippen molar-refractivity contribution < 1.29 is 0 Å². The van der Waals surface area contributed by atoms with Gasteiger partial charge in [-0.05, 0) is 12.1 Å². The van der Waals surface area contributed by atoms with Crippen LogP contribution in [-0.2, 0) is 0 Å². The van der Waals surface area contributed by atoms with Gasteiger partial charge in [0.2, 0.25) is 5.95 Å². The largest absolute Gasteiger partial charge is 0.369 e. The Morgan fingerprint density at radius 2 is 2.23 bits per heavy atom. The van der Waals surface area contributed by atoms with Crippen molar-refractivity contribution >= 4 is 28.5 Å². The normalized spacial score (nSPS) is 10.5. The molecule has 1 aromatic heterocycles. The Balaban J connectivity index is 3.03. The van der Waals surface area contributed by atoms with Crippen molar-refractivity contribution in [2.75, 3.05) is 5.73 Å². The lowest BCUT2D eigenvalue weighted by molar-refractivity contribution is 1.19. The number of halogens is 1. The Morgan fingerprint density at radius 1 is 1.46 bits per heavy atom. The van der Waals surface area contributed by atoms with Gasteiger partial charge < -0.3 is 5.73 Å². The highest BCUT2D eigenvalue weighted by molar-refractivity contribution is 6.35. The minimum Gasteiger partial charge on any atom is -0.369 e. The molecule has 0 atom stereocenters. The van der Waals surface area contributed by atoms with E-state index in [1.54, 1.807) is 18.2 Å². The molecule has 0 amide bonds. The standard InChI is InChI=1S/C8H6ClN3O/c9-4-2-1-3-5-6(4)7(13)12-8(10)11-5/h1-3H,(H3,10,11,12,13). The number of hydrogen-bond acceptors (Lipinski definition) is 3. The minimum absolute atomic E-state index is 0.0970. The zero-order valence-corrected chi connectivity index (χ0v) is 7.30. The van der Waals surface area contributed by atoms with E-state index in [-0.39, 0.29) is 11.5 Å². The van der Waals surface area contributed by atoms with Gasteiger partial charge in [-0.3, -0.25) is 9.78 Å². The number of fused-ring (bicyclic) bond motifs is 1. The Hall–Kier alpha value is -1.55. The number of hydrogen-bond donors (Lipinski definition) is 2. The lowest BCUT2D eigenvalue weighted by atomic mass is 10.2. The molecule has 2 rings (SSSR count). The number of benzene rings is 1. The first kappa shape index (κ1) is 8.07. The summed E-state index contributed by atoms with van der Waals surface area (Å²) in [6.07, 6.45) is 0. The van der Waals surface area contributed by atoms with E-state index < -0.39 is 0 Å². The zero-order chi connectivity index (χ0) is 9.42. The van der Waals surface area contributed by atoms with Gasteiger partial charge in [-0.25, -0.2) is 4.98 Å². The van der Waals surface area contributed by atoms with E-state index in [9.17, 15) is 4.79 Å². The van der Waals surface area contributed by atoms with Crippen LogP contribution >= 0.6 is 11.6 Å². The van der Waals surface area contributed by atoms with Gasteiger partial charge in [0.05, 0.1) is 15.9 Å². The van der Waals surface area contributed by atoms with Gasteiger partial charge in [0, 0.05) is 0 Å². The maximum atomic E-state index is 11.4. The molecule has 0 spiro atoms. The van der Waals surface area contributed by atoms with E-state index in [0.717, 1.165) is 0 Å². The van der Waals surface area contributed by atoms with Crippen molar-refractivity contribution in [3.05, 3.63) is 33.6 Å². The van der Waals surface area contributed by atoms with Crippen LogP contribution in [0.2, 0.25) is 5.02 Å². The van der Waals surface area contributed by atoms with Crippen molar-refractivity contribution in [2.45, 2.75) is 0 Å². The molecule has 4 nitrogen and oxygen atoms in total. The lowest BCUT2D eigenvalue weighted by Crippen LogP contribution is -2.11. The average molecular weight is 196 g/mol. The molecule has 1 heterocycles. The number of H-pyrrole nitrogens is 1. The molecule has 0 saturated heterocycles. The Bertz CT molecular complexity index is 520. The molecule has 5 heteroatoms. The maximum Gasteiger partial charge on any atom is 0.261 e. The summed E-state index contributed by atoms with van der Waals surface area (Å²) in [5.74, 6) is 0.0970. The van der Waals surface area contributed by atoms with Crippen LogP contribution in [0, 0.1) is 0 Å². The van der Waals surface area contributed by atoms with Crippen LogP contribution in [0.1, 0.15) is 0 Å². The molecule has 0 fully saturated rings. The third-order valence-corrected chi connectivity index (χ3v) is 2.02. The first-order valence-electron chi connectivity index (χ1n) is 3.62. The number of anilines is 1. The molecule has 1 aromatic carbocycles. The van der Waals surface area contributed by atoms with Gasteiger partial charge in [0.25, 0.3) is 5.56 Å². The fraction of sp³-hybridized carbons (Fsp3) is 0. The smallest absolute Gasteiger partial charge is 0.261 e. The van der Waals surface area contributed by atoms with E-state index in [4.69, 9.17) is 17.3 Å².